The zero-order chi connectivity index (χ0) is 26.9. The van der Waals surface area contributed by atoms with E-state index in [1.54, 1.807) is 31.2 Å². The molecule has 36 heavy (non-hydrogen) atoms. The van der Waals surface area contributed by atoms with Gasteiger partial charge in [-0.2, -0.15) is 0 Å². The fraction of sp³-hybridized carbons (Fsp3) is 0.481. The molecular weight excluding hydrogens is 478 g/mol. The number of anilines is 1. The van der Waals surface area contributed by atoms with Crippen molar-refractivity contribution in [3.05, 3.63) is 59.7 Å². The van der Waals surface area contributed by atoms with Gasteiger partial charge < -0.3 is 15.0 Å². The van der Waals surface area contributed by atoms with E-state index in [9.17, 15) is 18.0 Å². The van der Waals surface area contributed by atoms with E-state index in [2.05, 4.69) is 5.32 Å². The van der Waals surface area contributed by atoms with Crippen molar-refractivity contribution in [2.24, 2.45) is 5.92 Å². The van der Waals surface area contributed by atoms with Crippen molar-refractivity contribution in [2.75, 3.05) is 30.3 Å². The van der Waals surface area contributed by atoms with Crippen LogP contribution >= 0.6 is 0 Å². The molecule has 0 spiro atoms. The van der Waals surface area contributed by atoms with E-state index in [0.717, 1.165) is 21.7 Å². The molecule has 2 amide bonds. The number of hydrogen-bond acceptors (Lipinski definition) is 5. The van der Waals surface area contributed by atoms with Gasteiger partial charge in [-0.1, -0.05) is 57.2 Å². The van der Waals surface area contributed by atoms with Crippen LogP contribution in [0.1, 0.15) is 45.2 Å². The Labute approximate surface area is 215 Å². The van der Waals surface area contributed by atoms with Gasteiger partial charge in [0.15, 0.2) is 0 Å². The van der Waals surface area contributed by atoms with E-state index in [4.69, 9.17) is 4.74 Å². The summed E-state index contributed by atoms with van der Waals surface area (Å²) in [5.41, 5.74) is 2.15. The summed E-state index contributed by atoms with van der Waals surface area (Å²) in [5.74, 6) is -0.108. The zero-order valence-corrected chi connectivity index (χ0v) is 23.0. The summed E-state index contributed by atoms with van der Waals surface area (Å²) < 4.78 is 32.3. The molecule has 0 aliphatic carbocycles. The number of carbonyl (C=O) groups excluding carboxylic acids is 2. The minimum atomic E-state index is -3.84. The van der Waals surface area contributed by atoms with E-state index in [1.807, 2.05) is 52.0 Å². The molecule has 0 fully saturated rings. The number of ether oxygens (including phenoxy) is 1. The van der Waals surface area contributed by atoms with E-state index in [-0.39, 0.29) is 24.1 Å². The SMILES string of the molecule is CCOc1ccccc1N(CC(=O)N(Cc1ccccc1C)[C@@H](CC)C(=O)NCC(C)C)S(C)(=O)=O. The number of para-hydroxylation sites is 2. The highest BCUT2D eigenvalue weighted by molar-refractivity contribution is 7.92. The lowest BCUT2D eigenvalue weighted by atomic mass is 10.1. The number of hydrogen-bond donors (Lipinski definition) is 1. The Hall–Kier alpha value is -3.07. The molecule has 0 unspecified atom stereocenters. The van der Waals surface area contributed by atoms with Gasteiger partial charge in [-0.05, 0) is 49.4 Å². The maximum absolute atomic E-state index is 13.8. The number of nitrogens with zero attached hydrogens (tertiary/aromatic N) is 2. The number of sulfonamides is 1. The molecule has 0 radical (unpaired) electrons. The van der Waals surface area contributed by atoms with Crippen LogP contribution in [-0.2, 0) is 26.2 Å². The standard InChI is InChI=1S/C27H39N3O5S/c1-7-23(27(32)28-17-20(3)4)29(18-22-14-10-9-13-21(22)5)26(31)19-30(36(6,33)34)24-15-11-12-16-25(24)35-8-2/h9-16,20,23H,7-8,17-19H2,1-6H3,(H,28,32)/t23-/m0/s1. The fourth-order valence-electron chi connectivity index (χ4n) is 3.85. The molecule has 0 saturated carbocycles. The van der Waals surface area contributed by atoms with Crippen molar-refractivity contribution in [3.8, 4) is 5.75 Å². The first kappa shape index (κ1) is 29.2. The van der Waals surface area contributed by atoms with Crippen LogP contribution < -0.4 is 14.4 Å². The molecule has 8 nitrogen and oxygen atoms in total. The van der Waals surface area contributed by atoms with Crippen molar-refractivity contribution >= 4 is 27.5 Å². The molecule has 0 saturated heterocycles. The first-order chi connectivity index (χ1) is 17.0. The Bertz CT molecular complexity index is 1130. The van der Waals surface area contributed by atoms with Crippen LogP contribution in [0, 0.1) is 12.8 Å². The Morgan fingerprint density at radius 1 is 1.03 bits per heavy atom. The molecule has 2 aromatic rings. The van der Waals surface area contributed by atoms with Gasteiger partial charge in [0, 0.05) is 13.1 Å². The Balaban J connectivity index is 2.48. The van der Waals surface area contributed by atoms with Crippen molar-refractivity contribution in [3.63, 3.8) is 0 Å². The lowest BCUT2D eigenvalue weighted by molar-refractivity contribution is -0.140. The lowest BCUT2D eigenvalue weighted by Crippen LogP contribution is -2.52. The molecule has 1 atom stereocenters. The molecule has 0 aromatic heterocycles. The second-order valence-electron chi connectivity index (χ2n) is 9.18. The molecule has 0 heterocycles. The predicted molar refractivity (Wildman–Crippen MR) is 143 cm³/mol. The fourth-order valence-corrected chi connectivity index (χ4v) is 4.70. The number of rotatable bonds is 13. The summed E-state index contributed by atoms with van der Waals surface area (Å²) in [5, 5.41) is 2.93. The Morgan fingerprint density at radius 3 is 2.25 bits per heavy atom. The summed E-state index contributed by atoms with van der Waals surface area (Å²) in [6, 6.07) is 13.6. The quantitative estimate of drug-likeness (QED) is 0.437. The number of nitrogens with one attached hydrogen (secondary N) is 1. The third kappa shape index (κ3) is 7.98. The zero-order valence-electron chi connectivity index (χ0n) is 22.2. The summed E-state index contributed by atoms with van der Waals surface area (Å²) in [6.45, 7) is 10.1. The van der Waals surface area contributed by atoms with Crippen LogP contribution in [0.25, 0.3) is 0 Å². The molecule has 0 bridgehead atoms. The maximum Gasteiger partial charge on any atom is 0.244 e. The average molecular weight is 518 g/mol. The highest BCUT2D eigenvalue weighted by Gasteiger charge is 2.32. The number of aryl methyl sites for hydroxylation is 1. The van der Waals surface area contributed by atoms with Crippen molar-refractivity contribution in [1.82, 2.24) is 10.2 Å². The molecule has 2 aromatic carbocycles. The molecule has 2 rings (SSSR count). The van der Waals surface area contributed by atoms with Crippen LogP contribution in [-0.4, -0.2) is 57.1 Å². The van der Waals surface area contributed by atoms with Gasteiger partial charge in [0.05, 0.1) is 18.6 Å². The summed E-state index contributed by atoms with van der Waals surface area (Å²) in [7, 11) is -3.84. The number of amides is 2. The third-order valence-corrected chi connectivity index (χ3v) is 6.91. The summed E-state index contributed by atoms with van der Waals surface area (Å²) in [4.78, 5) is 28.4. The third-order valence-electron chi connectivity index (χ3n) is 5.79. The first-order valence-electron chi connectivity index (χ1n) is 12.3. The van der Waals surface area contributed by atoms with Crippen LogP contribution in [0.4, 0.5) is 5.69 Å². The van der Waals surface area contributed by atoms with E-state index in [0.29, 0.717) is 25.3 Å². The second kappa shape index (κ2) is 13.3. The topological polar surface area (TPSA) is 96.0 Å². The summed E-state index contributed by atoms with van der Waals surface area (Å²) >= 11 is 0. The van der Waals surface area contributed by atoms with Crippen LogP contribution in [0.5, 0.6) is 5.75 Å². The smallest absolute Gasteiger partial charge is 0.244 e. The molecule has 1 N–H and O–H groups in total. The number of carbonyl (C=O) groups is 2. The van der Waals surface area contributed by atoms with Crippen molar-refractivity contribution in [2.45, 2.75) is 53.6 Å². The van der Waals surface area contributed by atoms with Crippen molar-refractivity contribution < 1.29 is 22.7 Å². The van der Waals surface area contributed by atoms with E-state index >= 15 is 0 Å². The van der Waals surface area contributed by atoms with Crippen LogP contribution in [0.3, 0.4) is 0 Å². The monoisotopic (exact) mass is 517 g/mol. The molecule has 9 heteroatoms. The largest absolute Gasteiger partial charge is 0.492 e. The average Bonchev–Trinajstić information content (AvgIpc) is 2.82. The predicted octanol–water partition coefficient (Wildman–Crippen LogP) is 3.74. The Kier molecular flexibility index (Phi) is 10.8. The number of benzene rings is 2. The molecule has 0 aliphatic rings. The van der Waals surface area contributed by atoms with E-state index in [1.165, 1.54) is 4.90 Å². The maximum atomic E-state index is 13.8. The van der Waals surface area contributed by atoms with Crippen molar-refractivity contribution in [1.29, 1.82) is 0 Å². The van der Waals surface area contributed by atoms with Gasteiger partial charge in [0.1, 0.15) is 18.3 Å². The molecule has 0 aliphatic heterocycles. The minimum absolute atomic E-state index is 0.184. The van der Waals surface area contributed by atoms with Gasteiger partial charge in [-0.25, -0.2) is 8.42 Å². The van der Waals surface area contributed by atoms with Gasteiger partial charge in [0.2, 0.25) is 21.8 Å². The van der Waals surface area contributed by atoms with E-state index < -0.39 is 28.5 Å². The van der Waals surface area contributed by atoms with Gasteiger partial charge in [-0.3, -0.25) is 13.9 Å². The second-order valence-corrected chi connectivity index (χ2v) is 11.1. The normalized spacial score (nSPS) is 12.2. The van der Waals surface area contributed by atoms with Crippen LogP contribution in [0.2, 0.25) is 0 Å². The highest BCUT2D eigenvalue weighted by Crippen LogP contribution is 2.30. The van der Waals surface area contributed by atoms with Gasteiger partial charge >= 0.3 is 0 Å². The molecule has 198 valence electrons. The molecular formula is C27H39N3O5S. The first-order valence-corrected chi connectivity index (χ1v) is 14.2. The van der Waals surface area contributed by atoms with Gasteiger partial charge in [-0.15, -0.1) is 0 Å². The van der Waals surface area contributed by atoms with Crippen LogP contribution in [0.15, 0.2) is 48.5 Å². The summed E-state index contributed by atoms with van der Waals surface area (Å²) in [6.07, 6.45) is 1.44. The Morgan fingerprint density at radius 2 is 1.67 bits per heavy atom. The lowest BCUT2D eigenvalue weighted by Gasteiger charge is -2.33. The highest BCUT2D eigenvalue weighted by atomic mass is 32.2. The minimum Gasteiger partial charge on any atom is -0.492 e. The van der Waals surface area contributed by atoms with Gasteiger partial charge in [0.25, 0.3) is 0 Å².